The quantitative estimate of drug-likeness (QED) is 0.138. The smallest absolute Gasteiger partial charge is 0.509 e. The summed E-state index contributed by atoms with van der Waals surface area (Å²) in [6.07, 6.45) is 10.2. The molecule has 0 saturated carbocycles. The van der Waals surface area contributed by atoms with E-state index in [4.69, 9.17) is 9.84 Å². The second-order valence-corrected chi connectivity index (χ2v) is 11.3. The van der Waals surface area contributed by atoms with Gasteiger partial charge in [-0.05, 0) is 71.3 Å². The van der Waals surface area contributed by atoms with E-state index in [0.717, 1.165) is 70.1 Å². The Morgan fingerprint density at radius 3 is 2.31 bits per heavy atom. The molecule has 0 fully saturated rings. The average Bonchev–Trinajstić information content (AvgIpc) is 3.65. The van der Waals surface area contributed by atoms with Crippen LogP contribution in [0.25, 0.3) is 44.4 Å². The summed E-state index contributed by atoms with van der Waals surface area (Å²) >= 11 is 0. The van der Waals surface area contributed by atoms with Crippen molar-refractivity contribution in [2.75, 3.05) is 0 Å². The van der Waals surface area contributed by atoms with Crippen LogP contribution in [0, 0.1) is 19.1 Å². The average molecular weight is 770 g/mol. The standard InChI is InChI=1S/C39H34N4O.Pt/c1-4-10-28-12-8-13-29(11-5-2)39(28)30-25-41-42(26-30)31-14-9-15-32(23-31)44-33-18-19-35-34-16-6-7-17-36(34)43(37(35)24-33)38-22-27(3)20-21-40-38;/h6-9,12-22,25-26H,4-5,10-11H2,1-3H3;/q-2;+2. The molecule has 0 aliphatic rings. The number of ether oxygens (including phenoxy) is 1. The SMILES string of the molecule is CCCc1cccc(CCC)c1-c1cnn(-c2[c-]c(Oc3[c-]c4c(cc3)c3ccccc3n4-c3cc(C)ccn3)ccc2)c1.[Pt+2]. The molecule has 3 aromatic heterocycles. The number of rotatable bonds is 9. The van der Waals surface area contributed by atoms with Crippen LogP contribution in [-0.2, 0) is 33.9 Å². The van der Waals surface area contributed by atoms with Gasteiger partial charge >= 0.3 is 21.1 Å². The van der Waals surface area contributed by atoms with E-state index in [0.29, 0.717) is 11.5 Å². The zero-order chi connectivity index (χ0) is 30.0. The van der Waals surface area contributed by atoms with Crippen molar-refractivity contribution in [1.82, 2.24) is 19.3 Å². The van der Waals surface area contributed by atoms with E-state index in [1.165, 1.54) is 16.7 Å². The molecule has 45 heavy (non-hydrogen) atoms. The number of aromatic nitrogens is 4. The van der Waals surface area contributed by atoms with Crippen molar-refractivity contribution >= 4 is 21.8 Å². The second-order valence-electron chi connectivity index (χ2n) is 11.3. The Balaban J connectivity index is 0.00000357. The third kappa shape index (κ3) is 5.97. The van der Waals surface area contributed by atoms with Crippen molar-refractivity contribution in [2.24, 2.45) is 0 Å². The van der Waals surface area contributed by atoms with Crippen molar-refractivity contribution in [3.05, 3.63) is 132 Å². The van der Waals surface area contributed by atoms with Gasteiger partial charge in [0.1, 0.15) is 5.82 Å². The van der Waals surface area contributed by atoms with Gasteiger partial charge in [-0.2, -0.15) is 17.2 Å². The van der Waals surface area contributed by atoms with Crippen LogP contribution in [0.2, 0.25) is 0 Å². The first-order valence-corrected chi connectivity index (χ1v) is 15.4. The third-order valence-electron chi connectivity index (χ3n) is 8.05. The Bertz CT molecular complexity index is 2080. The Labute approximate surface area is 278 Å². The van der Waals surface area contributed by atoms with Crippen LogP contribution in [0.1, 0.15) is 43.4 Å². The largest absolute Gasteiger partial charge is 2.00 e. The zero-order valence-electron chi connectivity index (χ0n) is 25.7. The summed E-state index contributed by atoms with van der Waals surface area (Å²) in [4.78, 5) is 4.68. The summed E-state index contributed by atoms with van der Waals surface area (Å²) < 4.78 is 10.4. The van der Waals surface area contributed by atoms with Gasteiger partial charge in [-0.25, -0.2) is 4.98 Å². The first-order chi connectivity index (χ1) is 21.6. The van der Waals surface area contributed by atoms with Crippen LogP contribution < -0.4 is 4.74 Å². The Morgan fingerprint density at radius 2 is 1.53 bits per heavy atom. The van der Waals surface area contributed by atoms with Crippen molar-refractivity contribution < 1.29 is 25.8 Å². The molecule has 0 spiro atoms. The maximum atomic E-state index is 6.37. The normalized spacial score (nSPS) is 11.2. The molecule has 0 unspecified atom stereocenters. The van der Waals surface area contributed by atoms with Gasteiger partial charge < -0.3 is 9.30 Å². The number of pyridine rings is 1. The van der Waals surface area contributed by atoms with Crippen molar-refractivity contribution in [1.29, 1.82) is 0 Å². The molecular formula is C39H34N4OPt. The van der Waals surface area contributed by atoms with E-state index in [9.17, 15) is 0 Å². The second kappa shape index (κ2) is 13.3. The minimum atomic E-state index is 0. The number of nitrogens with zero attached hydrogens (tertiary/aromatic N) is 4. The van der Waals surface area contributed by atoms with Crippen LogP contribution >= 0.6 is 0 Å². The van der Waals surface area contributed by atoms with Crippen molar-refractivity contribution in [2.45, 2.75) is 46.5 Å². The monoisotopic (exact) mass is 769 g/mol. The summed E-state index contributed by atoms with van der Waals surface area (Å²) in [5.41, 5.74) is 9.18. The minimum Gasteiger partial charge on any atom is -0.509 e. The van der Waals surface area contributed by atoms with Crippen molar-refractivity contribution in [3.8, 4) is 34.1 Å². The van der Waals surface area contributed by atoms with Gasteiger partial charge in [0.15, 0.2) is 0 Å². The zero-order valence-corrected chi connectivity index (χ0v) is 27.9. The molecule has 226 valence electrons. The molecule has 0 aliphatic carbocycles. The molecule has 0 N–H and O–H groups in total. The molecule has 0 atom stereocenters. The molecule has 0 saturated heterocycles. The maximum Gasteiger partial charge on any atom is 2.00 e. The molecule has 0 amide bonds. The van der Waals surface area contributed by atoms with E-state index < -0.39 is 0 Å². The fourth-order valence-electron chi connectivity index (χ4n) is 6.13. The molecule has 0 aliphatic heterocycles. The summed E-state index contributed by atoms with van der Waals surface area (Å²) in [7, 11) is 0. The number of para-hydroxylation sites is 1. The fraction of sp³-hybridized carbons (Fsp3) is 0.179. The summed E-state index contributed by atoms with van der Waals surface area (Å²) in [6.45, 7) is 6.54. The number of aryl methyl sites for hydroxylation is 3. The number of hydrogen-bond acceptors (Lipinski definition) is 3. The third-order valence-corrected chi connectivity index (χ3v) is 8.05. The van der Waals surface area contributed by atoms with Crippen molar-refractivity contribution in [3.63, 3.8) is 0 Å². The molecule has 5 nitrogen and oxygen atoms in total. The minimum absolute atomic E-state index is 0. The van der Waals surface area contributed by atoms with Crippen LogP contribution in [0.3, 0.4) is 0 Å². The number of fused-ring (bicyclic) bond motifs is 3. The summed E-state index contributed by atoms with van der Waals surface area (Å²) in [5, 5.41) is 7.00. The first kappa shape index (κ1) is 30.6. The van der Waals surface area contributed by atoms with Gasteiger partial charge in [0, 0.05) is 35.0 Å². The Hall–Kier alpha value is -4.47. The molecule has 3 heterocycles. The molecule has 0 radical (unpaired) electrons. The summed E-state index contributed by atoms with van der Waals surface area (Å²) in [5.74, 6) is 2.07. The molecule has 4 aromatic carbocycles. The number of benzene rings is 4. The molecular weight excluding hydrogens is 736 g/mol. The fourth-order valence-corrected chi connectivity index (χ4v) is 6.13. The summed E-state index contributed by atoms with van der Waals surface area (Å²) in [6, 6.07) is 36.1. The van der Waals surface area contributed by atoms with Gasteiger partial charge in [0.05, 0.1) is 6.20 Å². The first-order valence-electron chi connectivity index (χ1n) is 15.4. The molecule has 0 bridgehead atoms. The van der Waals surface area contributed by atoms with E-state index in [1.54, 1.807) is 0 Å². The van der Waals surface area contributed by atoms with E-state index in [2.05, 4.69) is 103 Å². The van der Waals surface area contributed by atoms with Crippen LogP contribution in [-0.4, -0.2) is 19.3 Å². The maximum absolute atomic E-state index is 6.37. The molecule has 6 heteroatoms. The Kier molecular flexibility index (Phi) is 9.00. The van der Waals surface area contributed by atoms with E-state index in [1.807, 2.05) is 47.4 Å². The molecule has 7 aromatic rings. The van der Waals surface area contributed by atoms with Gasteiger partial charge in [0.25, 0.3) is 0 Å². The van der Waals surface area contributed by atoms with Crippen LogP contribution in [0.15, 0.2) is 104 Å². The predicted octanol–water partition coefficient (Wildman–Crippen LogP) is 9.63. The van der Waals surface area contributed by atoms with Crippen LogP contribution in [0.5, 0.6) is 11.5 Å². The topological polar surface area (TPSA) is 44.9 Å². The van der Waals surface area contributed by atoms with E-state index >= 15 is 0 Å². The van der Waals surface area contributed by atoms with Gasteiger partial charge in [-0.15, -0.1) is 35.7 Å². The molecule has 7 rings (SSSR count). The Morgan fingerprint density at radius 1 is 0.778 bits per heavy atom. The van der Waals surface area contributed by atoms with Gasteiger partial charge in [-0.3, -0.25) is 4.68 Å². The van der Waals surface area contributed by atoms with E-state index in [-0.39, 0.29) is 21.1 Å². The van der Waals surface area contributed by atoms with Crippen LogP contribution in [0.4, 0.5) is 0 Å². The van der Waals surface area contributed by atoms with Gasteiger partial charge in [0.2, 0.25) is 0 Å². The predicted molar refractivity (Wildman–Crippen MR) is 178 cm³/mol. The van der Waals surface area contributed by atoms with Gasteiger partial charge in [-0.1, -0.05) is 68.6 Å². The number of hydrogen-bond donors (Lipinski definition) is 0.